The van der Waals surface area contributed by atoms with Crippen molar-refractivity contribution in [2.75, 3.05) is 13.7 Å². The van der Waals surface area contributed by atoms with Gasteiger partial charge in [0.05, 0.1) is 7.11 Å². The highest BCUT2D eigenvalue weighted by molar-refractivity contribution is 5.97. The maximum Gasteiger partial charge on any atom is 0.328 e. The van der Waals surface area contributed by atoms with E-state index >= 15 is 0 Å². The van der Waals surface area contributed by atoms with Crippen molar-refractivity contribution in [2.45, 2.75) is 70.4 Å². The molecule has 1 aromatic rings. The van der Waals surface area contributed by atoms with E-state index in [4.69, 9.17) is 4.74 Å². The molecule has 32 heavy (non-hydrogen) atoms. The van der Waals surface area contributed by atoms with Gasteiger partial charge in [0, 0.05) is 24.1 Å². The number of piperidine rings is 1. The normalized spacial score (nSPS) is 33.1. The van der Waals surface area contributed by atoms with E-state index in [-0.39, 0.29) is 23.2 Å². The number of nitrogens with one attached hydrogen (secondary N) is 1. The molecule has 4 saturated carbocycles. The third kappa shape index (κ3) is 3.93. The number of amides is 2. The summed E-state index contributed by atoms with van der Waals surface area (Å²) in [7, 11) is 1.37. The van der Waals surface area contributed by atoms with E-state index in [1.54, 1.807) is 17.0 Å². The Balaban J connectivity index is 1.20. The number of hydrogen-bond donors (Lipinski definition) is 1. The number of hydrogen-bond acceptors (Lipinski definition) is 4. The Hall–Kier alpha value is -2.37. The standard InChI is InChI=1S/C26H34N2O4/c1-32-24(30)22-4-2-3-9-28(22)23(29)21-7-5-17(6-8-21)16-27-25(31)26-13-18-10-19(14-26)12-20(11-18)15-26/h5-8,18-20,22H,2-4,9-16H2,1H3,(H,27,31). The Labute approximate surface area is 190 Å². The van der Waals surface area contributed by atoms with Crippen LogP contribution in [0, 0.1) is 23.2 Å². The van der Waals surface area contributed by atoms with E-state index in [0.29, 0.717) is 25.1 Å². The zero-order valence-corrected chi connectivity index (χ0v) is 19.0. The number of likely N-dealkylation sites (tertiary alicyclic amines) is 1. The molecule has 172 valence electrons. The van der Waals surface area contributed by atoms with Crippen molar-refractivity contribution in [1.29, 1.82) is 0 Å². The van der Waals surface area contributed by atoms with Crippen LogP contribution < -0.4 is 5.32 Å². The van der Waals surface area contributed by atoms with E-state index in [1.165, 1.54) is 26.4 Å². The zero-order chi connectivity index (χ0) is 22.3. The maximum absolute atomic E-state index is 13.2. The lowest BCUT2D eigenvalue weighted by Crippen LogP contribution is -2.53. The van der Waals surface area contributed by atoms with Crippen LogP contribution in [-0.4, -0.2) is 42.4 Å². The smallest absolute Gasteiger partial charge is 0.328 e. The van der Waals surface area contributed by atoms with Crippen molar-refractivity contribution in [3.63, 3.8) is 0 Å². The SMILES string of the molecule is COC(=O)C1CCCCN1C(=O)c1ccc(CNC(=O)C23CC4CC(CC(C4)C2)C3)cc1. The lowest BCUT2D eigenvalue weighted by molar-refractivity contribution is -0.147. The number of rotatable bonds is 5. The van der Waals surface area contributed by atoms with Crippen molar-refractivity contribution in [3.05, 3.63) is 35.4 Å². The van der Waals surface area contributed by atoms with Gasteiger partial charge in [0.25, 0.3) is 5.91 Å². The lowest BCUT2D eigenvalue weighted by Gasteiger charge is -2.55. The largest absolute Gasteiger partial charge is 0.467 e. The van der Waals surface area contributed by atoms with Crippen molar-refractivity contribution >= 4 is 17.8 Å². The van der Waals surface area contributed by atoms with Crippen LogP contribution in [0.1, 0.15) is 73.7 Å². The second kappa shape index (κ2) is 8.53. The minimum atomic E-state index is -0.500. The molecule has 0 spiro atoms. The van der Waals surface area contributed by atoms with Crippen molar-refractivity contribution in [1.82, 2.24) is 10.2 Å². The molecule has 2 amide bonds. The first kappa shape index (κ1) is 21.5. The molecule has 1 atom stereocenters. The van der Waals surface area contributed by atoms with E-state index < -0.39 is 6.04 Å². The fraction of sp³-hybridized carbons (Fsp3) is 0.654. The monoisotopic (exact) mass is 438 g/mol. The van der Waals surface area contributed by atoms with Crippen LogP contribution >= 0.6 is 0 Å². The topological polar surface area (TPSA) is 75.7 Å². The van der Waals surface area contributed by atoms with Crippen molar-refractivity contribution < 1.29 is 19.1 Å². The van der Waals surface area contributed by atoms with Crippen LogP contribution in [0.25, 0.3) is 0 Å². The molecule has 1 saturated heterocycles. The zero-order valence-electron chi connectivity index (χ0n) is 19.0. The summed E-state index contributed by atoms with van der Waals surface area (Å²) in [5.74, 6) is 2.00. The molecule has 4 bridgehead atoms. The Morgan fingerprint density at radius 2 is 1.62 bits per heavy atom. The van der Waals surface area contributed by atoms with Crippen molar-refractivity contribution in [2.24, 2.45) is 23.2 Å². The van der Waals surface area contributed by atoms with E-state index in [2.05, 4.69) is 5.32 Å². The Morgan fingerprint density at radius 3 is 2.22 bits per heavy atom. The first-order valence-corrected chi connectivity index (χ1v) is 12.2. The maximum atomic E-state index is 13.2. The number of nitrogens with zero attached hydrogens (tertiary/aromatic N) is 1. The van der Waals surface area contributed by atoms with Gasteiger partial charge < -0.3 is 15.0 Å². The van der Waals surface area contributed by atoms with E-state index in [1.807, 2.05) is 12.1 Å². The summed E-state index contributed by atoms with van der Waals surface area (Å²) in [4.78, 5) is 39.9. The number of carbonyl (C=O) groups excluding carboxylic acids is 3. The Kier molecular flexibility index (Phi) is 5.72. The summed E-state index contributed by atoms with van der Waals surface area (Å²) >= 11 is 0. The van der Waals surface area contributed by atoms with Gasteiger partial charge >= 0.3 is 5.97 Å². The molecular formula is C26H34N2O4. The van der Waals surface area contributed by atoms with Crippen LogP contribution in [0.5, 0.6) is 0 Å². The predicted octanol–water partition coefficient (Wildman–Crippen LogP) is 3.69. The van der Waals surface area contributed by atoms with Gasteiger partial charge in [-0.25, -0.2) is 4.79 Å². The Morgan fingerprint density at radius 1 is 1.00 bits per heavy atom. The molecule has 1 unspecified atom stereocenters. The highest BCUT2D eigenvalue weighted by atomic mass is 16.5. The average Bonchev–Trinajstić information content (AvgIpc) is 2.81. The molecule has 0 aromatic heterocycles. The molecule has 6 rings (SSSR count). The third-order valence-electron chi connectivity index (χ3n) is 8.41. The summed E-state index contributed by atoms with van der Waals surface area (Å²) < 4.78 is 4.89. The van der Waals surface area contributed by atoms with E-state index in [0.717, 1.165) is 55.4 Å². The van der Waals surface area contributed by atoms with Gasteiger partial charge in [-0.05, 0) is 93.2 Å². The van der Waals surface area contributed by atoms with E-state index in [9.17, 15) is 14.4 Å². The second-order valence-electron chi connectivity index (χ2n) is 10.6. The Bertz CT molecular complexity index is 858. The molecule has 1 heterocycles. The first-order chi connectivity index (χ1) is 15.5. The molecule has 6 nitrogen and oxygen atoms in total. The highest BCUT2D eigenvalue weighted by Crippen LogP contribution is 2.60. The molecule has 5 fully saturated rings. The number of carbonyl (C=O) groups is 3. The number of esters is 1. The van der Waals surface area contributed by atoms with Crippen LogP contribution in [0.3, 0.4) is 0 Å². The minimum absolute atomic E-state index is 0.135. The summed E-state index contributed by atoms with van der Waals surface area (Å²) in [5, 5.41) is 3.20. The second-order valence-corrected chi connectivity index (χ2v) is 10.6. The third-order valence-corrected chi connectivity index (χ3v) is 8.41. The molecule has 4 aliphatic carbocycles. The van der Waals surface area contributed by atoms with Crippen molar-refractivity contribution in [3.8, 4) is 0 Å². The molecule has 1 N–H and O–H groups in total. The van der Waals surface area contributed by atoms with Crippen LogP contribution in [0.4, 0.5) is 0 Å². The molecule has 6 heteroatoms. The summed E-state index contributed by atoms with van der Waals surface area (Å²) in [5.41, 5.74) is 1.42. The van der Waals surface area contributed by atoms with Crippen LogP contribution in [-0.2, 0) is 20.9 Å². The summed E-state index contributed by atoms with van der Waals surface area (Å²) in [6.07, 6.45) is 9.65. The van der Waals surface area contributed by atoms with Gasteiger partial charge in [-0.15, -0.1) is 0 Å². The van der Waals surface area contributed by atoms with Gasteiger partial charge in [0.15, 0.2) is 0 Å². The van der Waals surface area contributed by atoms with Gasteiger partial charge in [-0.2, -0.15) is 0 Å². The summed E-state index contributed by atoms with van der Waals surface area (Å²) in [6.45, 7) is 1.06. The molecule has 1 aromatic carbocycles. The fourth-order valence-corrected chi connectivity index (χ4v) is 7.25. The highest BCUT2D eigenvalue weighted by Gasteiger charge is 2.54. The van der Waals surface area contributed by atoms with Crippen LogP contribution in [0.2, 0.25) is 0 Å². The number of methoxy groups -OCH3 is 1. The van der Waals surface area contributed by atoms with Crippen LogP contribution in [0.15, 0.2) is 24.3 Å². The number of benzene rings is 1. The minimum Gasteiger partial charge on any atom is -0.467 e. The van der Waals surface area contributed by atoms with Gasteiger partial charge in [-0.1, -0.05) is 12.1 Å². The average molecular weight is 439 g/mol. The molecule has 1 aliphatic heterocycles. The predicted molar refractivity (Wildman–Crippen MR) is 120 cm³/mol. The van der Waals surface area contributed by atoms with Gasteiger partial charge in [0.2, 0.25) is 5.91 Å². The summed E-state index contributed by atoms with van der Waals surface area (Å²) in [6, 6.07) is 6.92. The first-order valence-electron chi connectivity index (χ1n) is 12.2. The fourth-order valence-electron chi connectivity index (χ4n) is 7.25. The molecule has 0 radical (unpaired) electrons. The lowest BCUT2D eigenvalue weighted by atomic mass is 9.49. The van der Waals surface area contributed by atoms with Gasteiger partial charge in [-0.3, -0.25) is 9.59 Å². The number of ether oxygens (including phenoxy) is 1. The molecular weight excluding hydrogens is 404 g/mol. The quantitative estimate of drug-likeness (QED) is 0.712. The van der Waals surface area contributed by atoms with Gasteiger partial charge in [0.1, 0.15) is 6.04 Å². The molecule has 5 aliphatic rings.